The van der Waals surface area contributed by atoms with Gasteiger partial charge in [0, 0.05) is 46.0 Å². The van der Waals surface area contributed by atoms with Gasteiger partial charge in [-0.15, -0.1) is 53.2 Å². The Morgan fingerprint density at radius 3 is 2.20 bits per heavy atom. The van der Waals surface area contributed by atoms with Crippen LogP contribution in [0.25, 0.3) is 44.5 Å². The first-order valence-electron chi connectivity index (χ1n) is 13.9. The third-order valence-electron chi connectivity index (χ3n) is 6.88. The van der Waals surface area contributed by atoms with Gasteiger partial charge in [-0.1, -0.05) is 86.9 Å². The number of hydrogen-bond acceptors (Lipinski definition) is 3. The predicted octanol–water partition coefficient (Wildman–Crippen LogP) is 9.05. The van der Waals surface area contributed by atoms with Crippen molar-refractivity contribution in [1.82, 2.24) is 9.97 Å². The summed E-state index contributed by atoms with van der Waals surface area (Å²) >= 11 is 0. The van der Waals surface area contributed by atoms with E-state index in [2.05, 4.69) is 87.0 Å². The van der Waals surface area contributed by atoms with Gasteiger partial charge < -0.3 is 14.4 Å². The summed E-state index contributed by atoms with van der Waals surface area (Å²) in [6, 6.07) is 33.4. The van der Waals surface area contributed by atoms with Crippen LogP contribution < -0.4 is 5.19 Å². The molecule has 3 heterocycles. The van der Waals surface area contributed by atoms with Gasteiger partial charge in [-0.05, 0) is 47.8 Å². The van der Waals surface area contributed by atoms with Crippen LogP contribution in [0.5, 0.6) is 0 Å². The topological polar surface area (TPSA) is 38.9 Å². The largest absolute Gasteiger partial charge is 0.501 e. The Kier molecular flexibility index (Phi) is 9.75. The number of fused-ring (bicyclic) bond motifs is 3. The standard InChI is InChI=1S/C24H26NOSi.C12H10N.Ir/c1-16(2)14-17-10-12-20(25-15-17)18-11-13-22(27(3,4)5)23-19-8-6-7-9-21(19)26-24(18)23;1-10-7-8-12(13-9-10)11-5-3-2-4-6-11;/h6-10,12-13,15-16H,14H2,1-5H3;2-5,7-9H,1H3;/q2*-1;. The first-order valence-corrected chi connectivity index (χ1v) is 17.4. The first kappa shape index (κ1) is 30.6. The summed E-state index contributed by atoms with van der Waals surface area (Å²) in [6.45, 7) is 13.6. The van der Waals surface area contributed by atoms with Gasteiger partial charge in [-0.3, -0.25) is 0 Å². The summed E-state index contributed by atoms with van der Waals surface area (Å²) in [6.07, 6.45) is 4.91. The van der Waals surface area contributed by atoms with Crippen molar-refractivity contribution >= 4 is 35.2 Å². The van der Waals surface area contributed by atoms with Gasteiger partial charge in [0.2, 0.25) is 0 Å². The summed E-state index contributed by atoms with van der Waals surface area (Å²) in [5.41, 5.74) is 8.21. The molecule has 0 atom stereocenters. The van der Waals surface area contributed by atoms with E-state index in [1.54, 1.807) is 0 Å². The number of aromatic nitrogens is 2. The summed E-state index contributed by atoms with van der Waals surface area (Å²) < 4.78 is 6.32. The third kappa shape index (κ3) is 7.10. The van der Waals surface area contributed by atoms with Crippen molar-refractivity contribution in [2.45, 2.75) is 46.8 Å². The fraction of sp³-hybridized carbons (Fsp3) is 0.222. The number of benzene rings is 3. The molecule has 0 bridgehead atoms. The molecular weight excluding hydrogens is 697 g/mol. The predicted molar refractivity (Wildman–Crippen MR) is 171 cm³/mol. The van der Waals surface area contributed by atoms with Crippen LogP contribution in [-0.4, -0.2) is 18.0 Å². The maximum Gasteiger partial charge on any atom is 0.120 e. The Morgan fingerprint density at radius 1 is 0.829 bits per heavy atom. The van der Waals surface area contributed by atoms with Crippen LogP contribution in [0.1, 0.15) is 25.0 Å². The molecule has 0 saturated carbocycles. The molecule has 3 nitrogen and oxygen atoms in total. The number of pyridine rings is 2. The number of rotatable bonds is 5. The smallest absolute Gasteiger partial charge is 0.120 e. The van der Waals surface area contributed by atoms with Crippen LogP contribution in [0.3, 0.4) is 0 Å². The zero-order valence-corrected chi connectivity index (χ0v) is 28.0. The zero-order valence-electron chi connectivity index (χ0n) is 24.6. The fourth-order valence-electron chi connectivity index (χ4n) is 4.90. The summed E-state index contributed by atoms with van der Waals surface area (Å²) in [4.78, 5) is 9.05. The van der Waals surface area contributed by atoms with Gasteiger partial charge in [-0.2, -0.15) is 0 Å². The average Bonchev–Trinajstić information content (AvgIpc) is 3.33. The van der Waals surface area contributed by atoms with E-state index in [-0.39, 0.29) is 20.1 Å². The fourth-order valence-corrected chi connectivity index (χ4v) is 6.40. The maximum atomic E-state index is 6.32. The zero-order chi connectivity index (χ0) is 28.3. The first-order chi connectivity index (χ1) is 19.2. The number of furan rings is 1. The van der Waals surface area contributed by atoms with Crippen molar-refractivity contribution in [3.8, 4) is 22.5 Å². The van der Waals surface area contributed by atoms with E-state index in [0.717, 1.165) is 40.1 Å². The van der Waals surface area contributed by atoms with E-state index in [1.165, 1.54) is 27.1 Å². The van der Waals surface area contributed by atoms with Crippen LogP contribution in [0, 0.1) is 25.0 Å². The van der Waals surface area contributed by atoms with Crippen molar-refractivity contribution in [2.24, 2.45) is 5.92 Å². The van der Waals surface area contributed by atoms with Crippen LogP contribution in [0.15, 0.2) is 95.7 Å². The molecule has 41 heavy (non-hydrogen) atoms. The van der Waals surface area contributed by atoms with Crippen molar-refractivity contribution in [2.75, 3.05) is 0 Å². The number of nitrogens with zero attached hydrogens (tertiary/aromatic N) is 2. The molecular formula is C36H36IrN2OSi-2. The summed E-state index contributed by atoms with van der Waals surface area (Å²) in [5, 5.41) is 3.82. The second kappa shape index (κ2) is 13.1. The molecule has 0 amide bonds. The minimum atomic E-state index is -1.54. The molecule has 6 rings (SSSR count). The second-order valence-corrected chi connectivity index (χ2v) is 16.8. The molecule has 0 aliphatic heterocycles. The van der Waals surface area contributed by atoms with Crippen molar-refractivity contribution in [3.63, 3.8) is 0 Å². The molecule has 0 N–H and O–H groups in total. The molecule has 0 unspecified atom stereocenters. The monoisotopic (exact) mass is 733 g/mol. The molecule has 3 aromatic heterocycles. The van der Waals surface area contributed by atoms with E-state index in [1.807, 2.05) is 61.8 Å². The minimum absolute atomic E-state index is 0. The molecule has 211 valence electrons. The molecule has 0 spiro atoms. The number of aryl methyl sites for hydroxylation is 1. The van der Waals surface area contributed by atoms with E-state index in [4.69, 9.17) is 9.40 Å². The van der Waals surface area contributed by atoms with Crippen LogP contribution >= 0.6 is 0 Å². The van der Waals surface area contributed by atoms with Gasteiger partial charge in [-0.25, -0.2) is 0 Å². The summed E-state index contributed by atoms with van der Waals surface area (Å²) in [5.74, 6) is 0.627. The Labute approximate surface area is 258 Å². The third-order valence-corrected chi connectivity index (χ3v) is 8.89. The van der Waals surface area contributed by atoms with Crippen LogP contribution in [-0.2, 0) is 26.5 Å². The normalized spacial score (nSPS) is 11.3. The molecule has 3 aromatic carbocycles. The van der Waals surface area contributed by atoms with Gasteiger partial charge in [0.15, 0.2) is 0 Å². The van der Waals surface area contributed by atoms with Crippen LogP contribution in [0.4, 0.5) is 0 Å². The van der Waals surface area contributed by atoms with Crippen molar-refractivity contribution in [1.29, 1.82) is 0 Å². The van der Waals surface area contributed by atoms with E-state index < -0.39 is 8.07 Å². The Hall–Kier alpha value is -3.37. The van der Waals surface area contributed by atoms with Gasteiger partial charge in [0.25, 0.3) is 0 Å². The second-order valence-electron chi connectivity index (χ2n) is 11.8. The maximum absolute atomic E-state index is 6.32. The van der Waals surface area contributed by atoms with E-state index in [9.17, 15) is 0 Å². The molecule has 0 saturated heterocycles. The molecule has 0 aliphatic carbocycles. The molecule has 0 aliphatic rings. The Morgan fingerprint density at radius 2 is 1.56 bits per heavy atom. The van der Waals surface area contributed by atoms with Gasteiger partial charge in [0.1, 0.15) is 5.58 Å². The summed E-state index contributed by atoms with van der Waals surface area (Å²) in [7, 11) is -1.54. The van der Waals surface area contributed by atoms with Crippen molar-refractivity contribution < 1.29 is 24.5 Å². The molecule has 5 heteroatoms. The quantitative estimate of drug-likeness (QED) is 0.131. The minimum Gasteiger partial charge on any atom is -0.501 e. The van der Waals surface area contributed by atoms with Crippen molar-refractivity contribution in [3.05, 3.63) is 115 Å². The SMILES string of the molecule is CC(C)Cc1ccc(-c2[c-]cc([Si](C)(C)C)c3c2oc2ccccc23)nc1.Cc1ccc(-c2[c-]cccc2)nc1.[Ir]. The number of para-hydroxylation sites is 1. The number of hydrogen-bond donors (Lipinski definition) is 0. The molecule has 6 aromatic rings. The van der Waals surface area contributed by atoms with E-state index in [0.29, 0.717) is 5.92 Å². The van der Waals surface area contributed by atoms with E-state index >= 15 is 0 Å². The molecule has 1 radical (unpaired) electrons. The van der Waals surface area contributed by atoms with Gasteiger partial charge >= 0.3 is 0 Å². The van der Waals surface area contributed by atoms with Crippen LogP contribution in [0.2, 0.25) is 19.6 Å². The average molecular weight is 733 g/mol. The Balaban J connectivity index is 0.000000233. The Bertz CT molecular complexity index is 1720. The van der Waals surface area contributed by atoms with Gasteiger partial charge in [0.05, 0.1) is 5.58 Å². The molecule has 0 fully saturated rings.